The highest BCUT2D eigenvalue weighted by atomic mass is 32.2. The average molecular weight is 966 g/mol. The van der Waals surface area contributed by atoms with Crippen LogP contribution in [-0.2, 0) is 33.3 Å². The van der Waals surface area contributed by atoms with Crippen molar-refractivity contribution in [1.82, 2.24) is 36.6 Å². The topological polar surface area (TPSA) is 274 Å². The lowest BCUT2D eigenvalue weighted by atomic mass is 10.0. The maximum atomic E-state index is 14.8. The number of nitrogens with zero attached hydrogens (tertiary/aromatic N) is 3. The van der Waals surface area contributed by atoms with Crippen LogP contribution >= 0.6 is 11.8 Å². The molecule has 1 aromatic heterocycles. The zero-order chi connectivity index (χ0) is 48.2. The highest BCUT2D eigenvalue weighted by Crippen LogP contribution is 2.33. The van der Waals surface area contributed by atoms with E-state index in [-0.39, 0.29) is 98.1 Å². The molecule has 3 atom stereocenters. The van der Waals surface area contributed by atoms with Crippen LogP contribution in [0.4, 0.5) is 38.0 Å². The van der Waals surface area contributed by atoms with Crippen LogP contribution in [0.2, 0.25) is 0 Å². The molecule has 68 heavy (non-hydrogen) atoms. The number of nitrogens with two attached hydrogens (primary N) is 1. The van der Waals surface area contributed by atoms with E-state index in [2.05, 4.69) is 47.2 Å². The Balaban J connectivity index is 0.753. The summed E-state index contributed by atoms with van der Waals surface area (Å²) in [5, 5.41) is 30.3. The van der Waals surface area contributed by atoms with E-state index in [0.717, 1.165) is 31.4 Å². The SMILES string of the molecule is N#Cc1cnc(Nc2ccc(OCCOCCNC(=O)CCCC(=O)NCCCOCCOCCOCCCNC(=O)CCCCC3SC[C@@H]4NC(=O)N[C@H]34)c(F)c2)nc1Nc1cccc(N)c1. The summed E-state index contributed by atoms with van der Waals surface area (Å²) in [5.74, 6) is 0.502. The number of rotatable bonds is 34. The van der Waals surface area contributed by atoms with Crippen molar-refractivity contribution >= 4 is 64.3 Å². The number of hydrogen-bond donors (Lipinski definition) is 8. The van der Waals surface area contributed by atoms with Gasteiger partial charge in [0.1, 0.15) is 18.2 Å². The molecule has 5 rings (SSSR count). The lowest BCUT2D eigenvalue weighted by molar-refractivity contribution is -0.123. The summed E-state index contributed by atoms with van der Waals surface area (Å²) >= 11 is 1.89. The number of hydrogen-bond acceptors (Lipinski definition) is 16. The lowest BCUT2D eigenvalue weighted by Gasteiger charge is -2.16. The van der Waals surface area contributed by atoms with E-state index < -0.39 is 5.82 Å². The molecule has 0 bridgehead atoms. The molecule has 3 aromatic rings. The van der Waals surface area contributed by atoms with Crippen molar-refractivity contribution in [2.75, 3.05) is 101 Å². The number of halogens is 1. The van der Waals surface area contributed by atoms with E-state index in [1.165, 1.54) is 18.3 Å². The van der Waals surface area contributed by atoms with Gasteiger partial charge in [-0.1, -0.05) is 12.5 Å². The summed E-state index contributed by atoms with van der Waals surface area (Å²) in [4.78, 5) is 56.4. The van der Waals surface area contributed by atoms with Crippen LogP contribution in [0.1, 0.15) is 63.4 Å². The minimum atomic E-state index is -0.613. The van der Waals surface area contributed by atoms with Crippen molar-refractivity contribution < 1.29 is 47.3 Å². The van der Waals surface area contributed by atoms with Crippen LogP contribution in [0, 0.1) is 17.1 Å². The van der Waals surface area contributed by atoms with Gasteiger partial charge in [0.25, 0.3) is 0 Å². The van der Waals surface area contributed by atoms with Gasteiger partial charge in [0, 0.05) is 86.2 Å². The predicted molar refractivity (Wildman–Crippen MR) is 255 cm³/mol. The maximum absolute atomic E-state index is 14.8. The summed E-state index contributed by atoms with van der Waals surface area (Å²) in [6, 6.07) is 13.7. The third kappa shape index (κ3) is 20.1. The number of thioether (sulfide) groups is 1. The van der Waals surface area contributed by atoms with Crippen LogP contribution in [0.15, 0.2) is 48.7 Å². The number of nitrogens with one attached hydrogen (secondary N) is 7. The number of carbonyl (C=O) groups is 4. The van der Waals surface area contributed by atoms with E-state index in [4.69, 9.17) is 29.4 Å². The number of aromatic nitrogens is 2. The molecule has 5 amide bonds. The molecular weight excluding hydrogens is 902 g/mol. The largest absolute Gasteiger partial charge is 0.488 e. The summed E-state index contributed by atoms with van der Waals surface area (Å²) in [6.45, 7) is 4.60. The first-order valence-electron chi connectivity index (χ1n) is 23.1. The second-order valence-electron chi connectivity index (χ2n) is 15.9. The van der Waals surface area contributed by atoms with Crippen molar-refractivity contribution in [3.8, 4) is 11.8 Å². The normalized spacial score (nSPS) is 15.9. The first-order chi connectivity index (χ1) is 33.2. The molecule has 2 fully saturated rings. The quantitative estimate of drug-likeness (QED) is 0.0238. The first-order valence-corrected chi connectivity index (χ1v) is 24.1. The number of anilines is 5. The number of nitriles is 1. The monoisotopic (exact) mass is 965 g/mol. The van der Waals surface area contributed by atoms with E-state index in [9.17, 15) is 28.8 Å². The Morgan fingerprint density at radius 2 is 1.41 bits per heavy atom. The van der Waals surface area contributed by atoms with E-state index in [1.54, 1.807) is 30.3 Å². The number of ether oxygens (including phenoxy) is 5. The Hall–Kier alpha value is -5.99. The van der Waals surface area contributed by atoms with Crippen LogP contribution in [0.3, 0.4) is 0 Å². The van der Waals surface area contributed by atoms with Crippen LogP contribution in [0.5, 0.6) is 5.75 Å². The molecule has 9 N–H and O–H groups in total. The van der Waals surface area contributed by atoms with Gasteiger partial charge in [0.05, 0.1) is 57.9 Å². The first kappa shape index (κ1) is 53.0. The minimum Gasteiger partial charge on any atom is -0.488 e. The third-order valence-corrected chi connectivity index (χ3v) is 12.0. The number of amides is 5. The van der Waals surface area contributed by atoms with Gasteiger partial charge >= 0.3 is 6.03 Å². The Labute approximate surface area is 400 Å². The number of nitrogen functional groups attached to an aromatic ring is 1. The molecule has 3 heterocycles. The fourth-order valence-corrected chi connectivity index (χ4v) is 8.61. The number of fused-ring (bicyclic) bond motifs is 1. The highest BCUT2D eigenvalue weighted by molar-refractivity contribution is 8.00. The summed E-state index contributed by atoms with van der Waals surface area (Å²) in [5.41, 5.74) is 7.61. The van der Waals surface area contributed by atoms with Gasteiger partial charge in [0.15, 0.2) is 17.4 Å². The van der Waals surface area contributed by atoms with E-state index in [1.807, 2.05) is 17.8 Å². The molecule has 370 valence electrons. The second-order valence-corrected chi connectivity index (χ2v) is 17.1. The molecule has 2 saturated heterocycles. The Morgan fingerprint density at radius 1 is 0.765 bits per heavy atom. The van der Waals surface area contributed by atoms with Crippen molar-refractivity contribution in [2.45, 2.75) is 75.1 Å². The second kappa shape index (κ2) is 30.4. The zero-order valence-corrected chi connectivity index (χ0v) is 39.1. The van der Waals surface area contributed by atoms with Gasteiger partial charge in [-0.25, -0.2) is 14.2 Å². The third-order valence-electron chi connectivity index (χ3n) is 10.5. The molecule has 2 aromatic carbocycles. The smallest absolute Gasteiger partial charge is 0.315 e. The number of unbranched alkanes of at least 4 members (excludes halogenated alkanes) is 1. The van der Waals surface area contributed by atoms with Crippen molar-refractivity contribution in [2.24, 2.45) is 0 Å². The van der Waals surface area contributed by atoms with Crippen LogP contribution in [-0.4, -0.2) is 136 Å². The molecule has 2 aliphatic heterocycles. The Bertz CT molecular complexity index is 2100. The number of urea groups is 1. The van der Waals surface area contributed by atoms with Gasteiger partial charge in [-0.2, -0.15) is 22.0 Å². The molecular formula is C46H64FN11O9S. The summed E-state index contributed by atoms with van der Waals surface area (Å²) in [7, 11) is 0. The molecule has 22 heteroatoms. The average Bonchev–Trinajstić information content (AvgIpc) is 3.88. The number of carbonyl (C=O) groups excluding carboxylic acids is 4. The minimum absolute atomic E-state index is 0.0270. The van der Waals surface area contributed by atoms with Crippen LogP contribution in [0.25, 0.3) is 0 Å². The number of benzene rings is 2. The summed E-state index contributed by atoms with van der Waals surface area (Å²) < 4.78 is 42.4. The van der Waals surface area contributed by atoms with E-state index >= 15 is 0 Å². The molecule has 2 aliphatic rings. The van der Waals surface area contributed by atoms with Crippen molar-refractivity contribution in [3.63, 3.8) is 0 Å². The lowest BCUT2D eigenvalue weighted by Crippen LogP contribution is -2.36. The van der Waals surface area contributed by atoms with Crippen LogP contribution < -0.4 is 47.7 Å². The van der Waals surface area contributed by atoms with Gasteiger partial charge in [-0.3, -0.25) is 14.4 Å². The fraction of sp³-hybridized carbons (Fsp3) is 0.543. The fourth-order valence-electron chi connectivity index (χ4n) is 7.07. The van der Waals surface area contributed by atoms with Gasteiger partial charge in [-0.05, 0) is 62.4 Å². The maximum Gasteiger partial charge on any atom is 0.315 e. The van der Waals surface area contributed by atoms with Crippen molar-refractivity contribution in [3.05, 3.63) is 60.0 Å². The summed E-state index contributed by atoms with van der Waals surface area (Å²) in [6.07, 6.45) is 6.89. The van der Waals surface area contributed by atoms with E-state index in [0.29, 0.717) is 94.3 Å². The van der Waals surface area contributed by atoms with Crippen molar-refractivity contribution in [1.29, 1.82) is 5.26 Å². The molecule has 20 nitrogen and oxygen atoms in total. The molecule has 1 unspecified atom stereocenters. The van der Waals surface area contributed by atoms with Gasteiger partial charge in [-0.15, -0.1) is 0 Å². The van der Waals surface area contributed by atoms with Gasteiger partial charge in [0.2, 0.25) is 23.7 Å². The zero-order valence-electron chi connectivity index (χ0n) is 38.3. The molecule has 0 saturated carbocycles. The highest BCUT2D eigenvalue weighted by Gasteiger charge is 2.42. The predicted octanol–water partition coefficient (Wildman–Crippen LogP) is 4.03. The standard InChI is InChI=1S/C46H64FN11O9S/c47-36-28-35(55-45-53-30-32(29-48)44(58-45)54-34-8-3-7-33(49)27-34)13-14-38(36)67-26-25-65-20-17-52-42(61)12-4-11-41(60)51-16-6-19-64-22-24-66-23-21-63-18-5-15-50-40(59)10-2-1-9-39-43-37(31-68-39)56-46(62)57-43/h3,7-8,13-14,27-28,30,37,39,43H,1-2,4-6,9-12,15-26,31,49H2,(H,50,59)(H,51,60)(H,52,61)(H2,56,57,62)(H2,53,54,55,58)/t37-,39?,43-/m0/s1. The Morgan fingerprint density at radius 3 is 2.10 bits per heavy atom. The Kier molecular flexibility index (Phi) is 23.7. The van der Waals surface area contributed by atoms with Gasteiger partial charge < -0.3 is 66.6 Å². The molecule has 0 spiro atoms. The molecule has 0 radical (unpaired) electrons. The molecule has 0 aliphatic carbocycles.